The normalized spacial score (nSPS) is 20.8. The van der Waals surface area contributed by atoms with Crippen LogP contribution in [0.15, 0.2) is 30.3 Å². The number of rotatable bonds is 4. The van der Waals surface area contributed by atoms with Gasteiger partial charge in [0.1, 0.15) is 0 Å². The van der Waals surface area contributed by atoms with Gasteiger partial charge in [0.2, 0.25) is 0 Å². The predicted molar refractivity (Wildman–Crippen MR) is 93.6 cm³/mol. The molecule has 1 aromatic heterocycles. The molecule has 3 rings (SSSR count). The van der Waals surface area contributed by atoms with Gasteiger partial charge in [0.25, 0.3) is 5.91 Å². The van der Waals surface area contributed by atoms with Crippen LogP contribution in [0.25, 0.3) is 5.69 Å². The van der Waals surface area contributed by atoms with Crippen LogP contribution in [-0.4, -0.2) is 34.9 Å². The van der Waals surface area contributed by atoms with E-state index < -0.39 is 0 Å². The third-order valence-electron chi connectivity index (χ3n) is 4.73. The first-order chi connectivity index (χ1) is 11.6. The van der Waals surface area contributed by atoms with Gasteiger partial charge in [0.05, 0.1) is 17.5 Å². The van der Waals surface area contributed by atoms with Gasteiger partial charge in [0, 0.05) is 24.4 Å². The van der Waals surface area contributed by atoms with Crippen LogP contribution >= 0.6 is 0 Å². The van der Waals surface area contributed by atoms with Crippen molar-refractivity contribution >= 4 is 5.91 Å². The summed E-state index contributed by atoms with van der Waals surface area (Å²) < 4.78 is 7.27. The van der Waals surface area contributed by atoms with Crippen molar-refractivity contribution < 1.29 is 9.53 Å². The fourth-order valence-electron chi connectivity index (χ4n) is 3.36. The average molecular weight is 327 g/mol. The number of hydrogen-bond donors (Lipinski definition) is 1. The molecule has 24 heavy (non-hydrogen) atoms. The van der Waals surface area contributed by atoms with E-state index in [1.807, 2.05) is 48.9 Å². The van der Waals surface area contributed by atoms with Crippen LogP contribution in [0.5, 0.6) is 0 Å². The Morgan fingerprint density at radius 2 is 1.83 bits per heavy atom. The van der Waals surface area contributed by atoms with Crippen molar-refractivity contribution in [1.82, 2.24) is 15.1 Å². The fraction of sp³-hybridized carbons (Fsp3) is 0.474. The molecule has 0 atom stereocenters. The maximum atomic E-state index is 12.4. The summed E-state index contributed by atoms with van der Waals surface area (Å²) in [5.74, 6) is -0.00390. The van der Waals surface area contributed by atoms with E-state index in [4.69, 9.17) is 4.74 Å². The third-order valence-corrected chi connectivity index (χ3v) is 4.73. The van der Waals surface area contributed by atoms with Crippen molar-refractivity contribution in [1.29, 1.82) is 0 Å². The van der Waals surface area contributed by atoms with Crippen LogP contribution in [0, 0.1) is 13.8 Å². The molecule has 1 heterocycles. The molecule has 1 fully saturated rings. The van der Waals surface area contributed by atoms with E-state index in [1.165, 1.54) is 0 Å². The monoisotopic (exact) mass is 327 g/mol. The largest absolute Gasteiger partial charge is 0.381 e. The Morgan fingerprint density at radius 1 is 1.17 bits per heavy atom. The number of methoxy groups -OCH3 is 1. The number of nitrogens with one attached hydrogen (secondary N) is 1. The number of benzene rings is 1. The standard InChI is InChI=1S/C19H25N3O2/c1-13-12-14(2)22(21-13)17-8-4-15(5-9-17)19(23)20-16-6-10-18(24-3)11-7-16/h4-5,8-9,12,16,18H,6-7,10-11H2,1-3H3,(H,20,23). The Labute approximate surface area is 143 Å². The number of carbonyl (C=O) groups is 1. The zero-order valence-corrected chi connectivity index (χ0v) is 14.6. The van der Waals surface area contributed by atoms with E-state index >= 15 is 0 Å². The van der Waals surface area contributed by atoms with Gasteiger partial charge in [-0.25, -0.2) is 4.68 Å². The summed E-state index contributed by atoms with van der Waals surface area (Å²) in [6.45, 7) is 4.00. The van der Waals surface area contributed by atoms with Gasteiger partial charge in [-0.05, 0) is 69.9 Å². The molecule has 1 aromatic carbocycles. The molecule has 0 radical (unpaired) electrons. The van der Waals surface area contributed by atoms with Crippen LogP contribution in [0.4, 0.5) is 0 Å². The summed E-state index contributed by atoms with van der Waals surface area (Å²) in [7, 11) is 1.76. The second kappa shape index (κ2) is 7.18. The van der Waals surface area contributed by atoms with Gasteiger partial charge in [-0.1, -0.05) is 0 Å². The van der Waals surface area contributed by atoms with E-state index in [1.54, 1.807) is 7.11 Å². The Hall–Kier alpha value is -2.14. The van der Waals surface area contributed by atoms with E-state index in [0.717, 1.165) is 42.8 Å². The van der Waals surface area contributed by atoms with Gasteiger partial charge in [0.15, 0.2) is 0 Å². The predicted octanol–water partition coefficient (Wildman–Crippen LogP) is 3.18. The van der Waals surface area contributed by atoms with Crippen molar-refractivity contribution in [2.24, 2.45) is 0 Å². The zero-order chi connectivity index (χ0) is 17.1. The van der Waals surface area contributed by atoms with Gasteiger partial charge in [-0.15, -0.1) is 0 Å². The molecule has 0 bridgehead atoms. The second-order valence-electron chi connectivity index (χ2n) is 6.57. The smallest absolute Gasteiger partial charge is 0.251 e. The van der Waals surface area contributed by atoms with Crippen molar-refractivity contribution in [2.75, 3.05) is 7.11 Å². The first-order valence-corrected chi connectivity index (χ1v) is 8.54. The summed E-state index contributed by atoms with van der Waals surface area (Å²) in [4.78, 5) is 12.4. The van der Waals surface area contributed by atoms with E-state index in [2.05, 4.69) is 10.4 Å². The highest BCUT2D eigenvalue weighted by Gasteiger charge is 2.22. The zero-order valence-electron chi connectivity index (χ0n) is 14.6. The molecule has 128 valence electrons. The van der Waals surface area contributed by atoms with Crippen LogP contribution in [-0.2, 0) is 4.74 Å². The van der Waals surface area contributed by atoms with E-state index in [0.29, 0.717) is 11.7 Å². The minimum Gasteiger partial charge on any atom is -0.381 e. The van der Waals surface area contributed by atoms with E-state index in [-0.39, 0.29) is 11.9 Å². The highest BCUT2D eigenvalue weighted by molar-refractivity contribution is 5.94. The highest BCUT2D eigenvalue weighted by atomic mass is 16.5. The lowest BCUT2D eigenvalue weighted by Crippen LogP contribution is -2.38. The highest BCUT2D eigenvalue weighted by Crippen LogP contribution is 2.21. The maximum Gasteiger partial charge on any atom is 0.251 e. The summed E-state index contributed by atoms with van der Waals surface area (Å²) >= 11 is 0. The summed E-state index contributed by atoms with van der Waals surface area (Å²) in [5, 5.41) is 7.61. The Bertz CT molecular complexity index is 698. The molecule has 1 amide bonds. The lowest BCUT2D eigenvalue weighted by Gasteiger charge is -2.28. The molecule has 5 heteroatoms. The lowest BCUT2D eigenvalue weighted by molar-refractivity contribution is 0.0599. The molecule has 0 saturated heterocycles. The number of hydrogen-bond acceptors (Lipinski definition) is 3. The van der Waals surface area contributed by atoms with Gasteiger partial charge < -0.3 is 10.1 Å². The molecular formula is C19H25N3O2. The quantitative estimate of drug-likeness (QED) is 0.938. The number of nitrogens with zero attached hydrogens (tertiary/aromatic N) is 2. The summed E-state index contributed by atoms with van der Waals surface area (Å²) in [5.41, 5.74) is 3.73. The molecule has 1 aliphatic rings. The Morgan fingerprint density at radius 3 is 2.38 bits per heavy atom. The summed E-state index contributed by atoms with van der Waals surface area (Å²) in [6.07, 6.45) is 4.33. The molecule has 1 N–H and O–H groups in total. The minimum absolute atomic E-state index is 0.00390. The number of ether oxygens (including phenoxy) is 1. The van der Waals surface area contributed by atoms with Crippen molar-refractivity contribution in [2.45, 2.75) is 51.7 Å². The second-order valence-corrected chi connectivity index (χ2v) is 6.57. The van der Waals surface area contributed by atoms with Gasteiger partial charge >= 0.3 is 0 Å². The minimum atomic E-state index is -0.00390. The molecule has 0 aliphatic heterocycles. The van der Waals surface area contributed by atoms with E-state index in [9.17, 15) is 4.79 Å². The molecule has 1 saturated carbocycles. The first-order valence-electron chi connectivity index (χ1n) is 8.54. The maximum absolute atomic E-state index is 12.4. The molecule has 2 aromatic rings. The average Bonchev–Trinajstić information content (AvgIpc) is 2.94. The number of aryl methyl sites for hydroxylation is 2. The topological polar surface area (TPSA) is 56.1 Å². The van der Waals surface area contributed by atoms with Crippen LogP contribution in [0.1, 0.15) is 47.4 Å². The van der Waals surface area contributed by atoms with Gasteiger partial charge in [-0.2, -0.15) is 5.10 Å². The molecule has 0 spiro atoms. The third kappa shape index (κ3) is 3.67. The molecular weight excluding hydrogens is 302 g/mol. The van der Waals surface area contributed by atoms with Crippen molar-refractivity contribution in [3.63, 3.8) is 0 Å². The summed E-state index contributed by atoms with van der Waals surface area (Å²) in [6, 6.07) is 9.90. The van der Waals surface area contributed by atoms with Crippen LogP contribution in [0.2, 0.25) is 0 Å². The number of aromatic nitrogens is 2. The van der Waals surface area contributed by atoms with Crippen LogP contribution in [0.3, 0.4) is 0 Å². The Balaban J connectivity index is 1.63. The number of carbonyl (C=O) groups excluding carboxylic acids is 1. The fourth-order valence-corrected chi connectivity index (χ4v) is 3.36. The van der Waals surface area contributed by atoms with Crippen LogP contribution < -0.4 is 5.32 Å². The first kappa shape index (κ1) is 16.7. The molecule has 5 nitrogen and oxygen atoms in total. The van der Waals surface area contributed by atoms with Gasteiger partial charge in [-0.3, -0.25) is 4.79 Å². The molecule has 1 aliphatic carbocycles. The molecule has 0 unspecified atom stereocenters. The van der Waals surface area contributed by atoms with Crippen molar-refractivity contribution in [3.8, 4) is 5.69 Å². The SMILES string of the molecule is COC1CCC(NC(=O)c2ccc(-n3nc(C)cc3C)cc2)CC1. The lowest BCUT2D eigenvalue weighted by atomic mass is 9.93. The van der Waals surface area contributed by atoms with Crippen molar-refractivity contribution in [3.05, 3.63) is 47.3 Å². The Kier molecular flexibility index (Phi) is 5.00. The number of amides is 1.